The average molecular weight is 406 g/mol. The summed E-state index contributed by atoms with van der Waals surface area (Å²) >= 11 is 8.28. The number of aliphatic hydroxyl groups is 1. The van der Waals surface area contributed by atoms with Crippen molar-refractivity contribution in [3.8, 4) is 0 Å². The highest BCUT2D eigenvalue weighted by molar-refractivity contribution is 8.00. The smallest absolute Gasteiger partial charge is 0.0648 e. The topological polar surface area (TPSA) is 30.0 Å². The summed E-state index contributed by atoms with van der Waals surface area (Å²) in [5, 5.41) is 10.4. The van der Waals surface area contributed by atoms with E-state index < -0.39 is 0 Å². The molecule has 1 aromatic carbocycles. The molecule has 0 amide bonds. The van der Waals surface area contributed by atoms with E-state index in [1.165, 1.54) is 10.6 Å². The molecule has 1 N–H and O–H groups in total. The summed E-state index contributed by atoms with van der Waals surface area (Å²) in [6.45, 7) is 7.59. The Hall–Kier alpha value is -0.980. The maximum absolute atomic E-state index is 9.08. The van der Waals surface area contributed by atoms with Crippen LogP contribution >= 0.6 is 23.4 Å². The van der Waals surface area contributed by atoms with Crippen molar-refractivity contribution in [2.45, 2.75) is 22.6 Å². The van der Waals surface area contributed by atoms with Crippen LogP contribution in [0.3, 0.4) is 0 Å². The molecule has 1 aliphatic carbocycles. The van der Waals surface area contributed by atoms with E-state index in [2.05, 4.69) is 51.1 Å². The molecule has 2 unspecified atom stereocenters. The molecule has 4 nitrogen and oxygen atoms in total. The Kier molecular flexibility index (Phi) is 6.46. The summed E-state index contributed by atoms with van der Waals surface area (Å²) in [6.07, 6.45) is 7.65. The van der Waals surface area contributed by atoms with Crippen LogP contribution in [0.5, 0.6) is 0 Å². The molecule has 3 aliphatic rings. The first kappa shape index (κ1) is 19.3. The molecule has 1 aromatic rings. The number of thioether (sulfide) groups is 1. The largest absolute Gasteiger partial charge is 0.395 e. The van der Waals surface area contributed by atoms with Gasteiger partial charge >= 0.3 is 0 Å². The molecule has 0 radical (unpaired) electrons. The Morgan fingerprint density at radius 1 is 1.04 bits per heavy atom. The molecule has 1 fully saturated rings. The van der Waals surface area contributed by atoms with Gasteiger partial charge in [0.05, 0.1) is 23.6 Å². The van der Waals surface area contributed by atoms with Crippen molar-refractivity contribution in [2.24, 2.45) is 0 Å². The van der Waals surface area contributed by atoms with E-state index in [1.54, 1.807) is 0 Å². The highest BCUT2D eigenvalue weighted by Gasteiger charge is 2.33. The number of fused-ring (bicyclic) bond motifs is 2. The maximum Gasteiger partial charge on any atom is 0.0648 e. The number of nitrogens with zero attached hydrogens (tertiary/aromatic N) is 3. The van der Waals surface area contributed by atoms with E-state index >= 15 is 0 Å². The number of hydrogen-bond acceptors (Lipinski definition) is 5. The summed E-state index contributed by atoms with van der Waals surface area (Å²) in [5.41, 5.74) is 1.34. The first-order valence-electron chi connectivity index (χ1n) is 9.88. The Morgan fingerprint density at radius 2 is 1.78 bits per heavy atom. The molecule has 27 heavy (non-hydrogen) atoms. The van der Waals surface area contributed by atoms with Crippen molar-refractivity contribution in [1.82, 2.24) is 9.80 Å². The number of aliphatic hydroxyl groups excluding tert-OH is 1. The van der Waals surface area contributed by atoms with Gasteiger partial charge in [-0.25, -0.2) is 0 Å². The minimum atomic E-state index is 0.263. The van der Waals surface area contributed by atoms with Crippen molar-refractivity contribution >= 4 is 29.1 Å². The lowest BCUT2D eigenvalue weighted by Gasteiger charge is -2.42. The molecular formula is C21H28ClN3OS. The van der Waals surface area contributed by atoms with Crippen molar-refractivity contribution in [3.63, 3.8) is 0 Å². The fraction of sp³-hybridized carbons (Fsp3) is 0.524. The monoisotopic (exact) mass is 405 g/mol. The van der Waals surface area contributed by atoms with Gasteiger partial charge in [-0.3, -0.25) is 4.90 Å². The molecule has 0 saturated carbocycles. The third-order valence-corrected chi connectivity index (χ3v) is 7.22. The quantitative estimate of drug-likeness (QED) is 0.785. The lowest BCUT2D eigenvalue weighted by Crippen LogP contribution is -2.48. The number of halogens is 1. The van der Waals surface area contributed by atoms with Crippen molar-refractivity contribution in [3.05, 3.63) is 47.5 Å². The van der Waals surface area contributed by atoms with Crippen LogP contribution in [0.25, 0.3) is 0 Å². The molecule has 2 atom stereocenters. The zero-order valence-electron chi connectivity index (χ0n) is 15.6. The van der Waals surface area contributed by atoms with Gasteiger partial charge in [0.15, 0.2) is 0 Å². The molecule has 0 bridgehead atoms. The van der Waals surface area contributed by atoms with Gasteiger partial charge in [0.2, 0.25) is 0 Å². The highest BCUT2D eigenvalue weighted by atomic mass is 35.5. The van der Waals surface area contributed by atoms with Crippen molar-refractivity contribution in [2.75, 3.05) is 57.3 Å². The average Bonchev–Trinajstić information content (AvgIpc) is 2.69. The summed E-state index contributed by atoms with van der Waals surface area (Å²) in [6, 6.07) is 9.08. The number of piperazine rings is 1. The minimum Gasteiger partial charge on any atom is -0.395 e. The van der Waals surface area contributed by atoms with Crippen LogP contribution in [-0.4, -0.2) is 78.6 Å². The number of para-hydroxylation sites is 1. The first-order valence-corrected chi connectivity index (χ1v) is 11.1. The lowest BCUT2D eigenvalue weighted by molar-refractivity contribution is 0.112. The van der Waals surface area contributed by atoms with E-state index in [0.29, 0.717) is 11.3 Å². The van der Waals surface area contributed by atoms with Gasteiger partial charge in [0.1, 0.15) is 0 Å². The number of benzene rings is 1. The van der Waals surface area contributed by atoms with Crippen molar-refractivity contribution < 1.29 is 5.11 Å². The van der Waals surface area contributed by atoms with E-state index in [4.69, 9.17) is 16.7 Å². The first-order chi connectivity index (χ1) is 13.2. The second-order valence-electron chi connectivity index (χ2n) is 7.41. The zero-order chi connectivity index (χ0) is 18.6. The van der Waals surface area contributed by atoms with Crippen molar-refractivity contribution in [1.29, 1.82) is 0 Å². The fourth-order valence-corrected chi connectivity index (χ4v) is 5.68. The molecule has 0 spiro atoms. The molecular weight excluding hydrogens is 378 g/mol. The number of β-amino-alcohol motifs (C(OH)–C–C–N with tert-alkyl or cyclic N) is 1. The van der Waals surface area contributed by atoms with Gasteiger partial charge in [0.25, 0.3) is 0 Å². The second-order valence-corrected chi connectivity index (χ2v) is 9.06. The summed E-state index contributed by atoms with van der Waals surface area (Å²) in [7, 11) is 0. The van der Waals surface area contributed by atoms with Crippen LogP contribution in [0.2, 0.25) is 0 Å². The normalized spacial score (nSPS) is 25.9. The third-order valence-electron chi connectivity index (χ3n) is 5.66. The Morgan fingerprint density at radius 3 is 2.56 bits per heavy atom. The maximum atomic E-state index is 9.08. The molecule has 0 aromatic heterocycles. The summed E-state index contributed by atoms with van der Waals surface area (Å²) in [5.74, 6) is 0. The van der Waals surface area contributed by atoms with Gasteiger partial charge < -0.3 is 14.9 Å². The van der Waals surface area contributed by atoms with E-state index in [1.807, 2.05) is 17.8 Å². The second kappa shape index (κ2) is 9.01. The van der Waals surface area contributed by atoms with Gasteiger partial charge in [-0.2, -0.15) is 0 Å². The fourth-order valence-electron chi connectivity index (χ4n) is 4.20. The molecule has 1 saturated heterocycles. The van der Waals surface area contributed by atoms with Gasteiger partial charge in [0, 0.05) is 49.2 Å². The van der Waals surface area contributed by atoms with E-state index in [0.717, 1.165) is 57.3 Å². The minimum absolute atomic E-state index is 0.263. The van der Waals surface area contributed by atoms with Crippen LogP contribution in [0.4, 0.5) is 5.69 Å². The third kappa shape index (κ3) is 4.54. The lowest BCUT2D eigenvalue weighted by atomic mass is 10.0. The predicted molar refractivity (Wildman–Crippen MR) is 115 cm³/mol. The number of hydrogen-bond donors (Lipinski definition) is 1. The highest BCUT2D eigenvalue weighted by Crippen LogP contribution is 2.44. The Balaban J connectivity index is 1.38. The van der Waals surface area contributed by atoms with Crippen LogP contribution in [-0.2, 0) is 0 Å². The molecule has 2 aliphatic heterocycles. The SMILES string of the molecule is OCCN1CCN(CCCN2c3ccccc3SC3C=CC(Cl)=CC32)CC1. The summed E-state index contributed by atoms with van der Waals surface area (Å²) < 4.78 is 0. The van der Waals surface area contributed by atoms with Gasteiger partial charge in [-0.05, 0) is 37.3 Å². The molecule has 2 heterocycles. The standard InChI is InChI=1S/C21H28ClN3OS/c22-17-6-7-21-19(16-17)25(18-4-1-2-5-20(18)27-21)9-3-8-23-10-12-24(13-11-23)14-15-26/h1-2,4-7,16,19,21,26H,3,8-15H2. The molecule has 146 valence electrons. The van der Waals surface area contributed by atoms with Crippen LogP contribution < -0.4 is 4.90 Å². The Labute approximate surface area is 171 Å². The number of allylic oxidation sites excluding steroid dienone is 2. The number of rotatable bonds is 6. The van der Waals surface area contributed by atoms with Crippen LogP contribution in [0, 0.1) is 0 Å². The molecule has 4 rings (SSSR count). The zero-order valence-corrected chi connectivity index (χ0v) is 17.2. The van der Waals surface area contributed by atoms with Gasteiger partial charge in [-0.1, -0.05) is 29.8 Å². The van der Waals surface area contributed by atoms with Gasteiger partial charge in [-0.15, -0.1) is 11.8 Å². The van der Waals surface area contributed by atoms with E-state index in [-0.39, 0.29) is 6.61 Å². The number of anilines is 1. The Bertz CT molecular complexity index is 702. The van der Waals surface area contributed by atoms with Crippen LogP contribution in [0.15, 0.2) is 52.4 Å². The summed E-state index contributed by atoms with van der Waals surface area (Å²) in [4.78, 5) is 8.82. The van der Waals surface area contributed by atoms with E-state index in [9.17, 15) is 0 Å². The van der Waals surface area contributed by atoms with Crippen LogP contribution in [0.1, 0.15) is 6.42 Å². The predicted octanol–water partition coefficient (Wildman–Crippen LogP) is 3.03. The molecule has 6 heteroatoms.